The first kappa shape index (κ1) is 14.7. The van der Waals surface area contributed by atoms with Crippen LogP contribution in [0.3, 0.4) is 0 Å². The molecule has 2 aromatic rings. The van der Waals surface area contributed by atoms with Crippen LogP contribution in [0, 0.1) is 16.0 Å². The lowest BCUT2D eigenvalue weighted by Gasteiger charge is -2.19. The van der Waals surface area contributed by atoms with E-state index in [0.717, 1.165) is 4.57 Å². The molecule has 0 bridgehead atoms. The normalized spacial score (nSPS) is 12.5. The van der Waals surface area contributed by atoms with Crippen molar-refractivity contribution in [3.05, 3.63) is 50.9 Å². The van der Waals surface area contributed by atoms with E-state index in [-0.39, 0.29) is 22.4 Å². The summed E-state index contributed by atoms with van der Waals surface area (Å²) in [4.78, 5) is 34.2. The molecule has 0 aliphatic carbocycles. The Kier molecular flexibility index (Phi) is 3.75. The van der Waals surface area contributed by atoms with Crippen LogP contribution in [0.15, 0.2) is 35.3 Å². The van der Waals surface area contributed by atoms with Gasteiger partial charge in [-0.2, -0.15) is 0 Å². The number of non-ortho nitro benzene ring substituents is 1. The molecule has 1 N–H and O–H groups in total. The van der Waals surface area contributed by atoms with Gasteiger partial charge in [-0.25, -0.2) is 4.79 Å². The van der Waals surface area contributed by atoms with Gasteiger partial charge in [-0.05, 0) is 18.1 Å². The first-order chi connectivity index (χ1) is 9.84. The van der Waals surface area contributed by atoms with Gasteiger partial charge in [0.15, 0.2) is 0 Å². The Morgan fingerprint density at radius 2 is 1.95 bits per heavy atom. The van der Waals surface area contributed by atoms with Crippen LogP contribution in [0.1, 0.15) is 19.9 Å². The van der Waals surface area contributed by atoms with E-state index >= 15 is 0 Å². The van der Waals surface area contributed by atoms with Crippen molar-refractivity contribution in [3.63, 3.8) is 0 Å². The number of pyridine rings is 1. The molecule has 1 aromatic carbocycles. The minimum atomic E-state index is -1.11. The molecule has 0 fully saturated rings. The van der Waals surface area contributed by atoms with Gasteiger partial charge in [0.25, 0.3) is 11.2 Å². The summed E-state index contributed by atoms with van der Waals surface area (Å²) in [5.74, 6) is -1.41. The lowest BCUT2D eigenvalue weighted by Crippen LogP contribution is -2.32. The quantitative estimate of drug-likeness (QED) is 0.686. The number of aliphatic carboxylic acids is 1. The Bertz CT molecular complexity index is 779. The van der Waals surface area contributed by atoms with Crippen molar-refractivity contribution in [2.45, 2.75) is 19.9 Å². The van der Waals surface area contributed by atoms with Crippen LogP contribution >= 0.6 is 0 Å². The molecule has 0 aliphatic rings. The maximum atomic E-state index is 12.4. The molecular weight excluding hydrogens is 276 g/mol. The molecule has 0 spiro atoms. The zero-order valence-electron chi connectivity index (χ0n) is 11.5. The second-order valence-corrected chi connectivity index (χ2v) is 5.05. The molecule has 0 aliphatic heterocycles. The molecule has 7 nitrogen and oxygen atoms in total. The van der Waals surface area contributed by atoms with Crippen molar-refractivity contribution in [1.29, 1.82) is 0 Å². The highest BCUT2D eigenvalue weighted by Gasteiger charge is 2.25. The number of hydrogen-bond donors (Lipinski definition) is 1. The molecule has 0 radical (unpaired) electrons. The fraction of sp³-hybridized carbons (Fsp3) is 0.286. The summed E-state index contributed by atoms with van der Waals surface area (Å²) in [7, 11) is 0. The fourth-order valence-electron chi connectivity index (χ4n) is 2.38. The first-order valence-electron chi connectivity index (χ1n) is 6.35. The Morgan fingerprint density at radius 1 is 1.29 bits per heavy atom. The summed E-state index contributed by atoms with van der Waals surface area (Å²) in [5, 5.41) is 20.6. The maximum Gasteiger partial charge on any atom is 0.327 e. The summed E-state index contributed by atoms with van der Waals surface area (Å²) >= 11 is 0. The zero-order chi connectivity index (χ0) is 15.7. The monoisotopic (exact) mass is 290 g/mol. The predicted octanol–water partition coefficient (Wildman–Crippen LogP) is 2.19. The van der Waals surface area contributed by atoms with Gasteiger partial charge in [0, 0.05) is 12.3 Å². The highest BCUT2D eigenvalue weighted by atomic mass is 16.6. The van der Waals surface area contributed by atoms with E-state index < -0.39 is 22.5 Å². The van der Waals surface area contributed by atoms with Gasteiger partial charge >= 0.3 is 5.97 Å². The smallest absolute Gasteiger partial charge is 0.327 e. The van der Waals surface area contributed by atoms with Crippen LogP contribution in [-0.4, -0.2) is 20.6 Å². The second kappa shape index (κ2) is 5.35. The van der Waals surface area contributed by atoms with Crippen LogP contribution < -0.4 is 5.56 Å². The third kappa shape index (κ3) is 2.49. The molecule has 21 heavy (non-hydrogen) atoms. The maximum absolute atomic E-state index is 12.4. The molecule has 1 heterocycles. The standard InChI is InChI=1S/C14H14N2O5/c1-8(2)12(14(18)19)15-7-6-9-10(13(15)17)4-3-5-11(9)16(20)21/h3-8,12H,1-2H3,(H,18,19). The number of carbonyl (C=O) groups is 1. The SMILES string of the molecule is CC(C)C(C(=O)O)n1ccc2c([N+](=O)[O-])cccc2c1=O. The number of carboxylic acids is 1. The minimum absolute atomic E-state index is 0.138. The Hall–Kier alpha value is -2.70. The van der Waals surface area contributed by atoms with Crippen LogP contribution in [0.2, 0.25) is 0 Å². The van der Waals surface area contributed by atoms with E-state index in [2.05, 4.69) is 0 Å². The van der Waals surface area contributed by atoms with Gasteiger partial charge in [-0.1, -0.05) is 19.9 Å². The van der Waals surface area contributed by atoms with Crippen molar-refractivity contribution < 1.29 is 14.8 Å². The number of fused-ring (bicyclic) bond motifs is 1. The predicted molar refractivity (Wildman–Crippen MR) is 76.4 cm³/mol. The number of carboxylic acid groups (broad SMARTS) is 1. The molecule has 1 aromatic heterocycles. The fourth-order valence-corrected chi connectivity index (χ4v) is 2.38. The van der Waals surface area contributed by atoms with Crippen molar-refractivity contribution in [2.24, 2.45) is 5.92 Å². The van der Waals surface area contributed by atoms with Crippen LogP contribution in [0.4, 0.5) is 5.69 Å². The number of aromatic nitrogens is 1. The van der Waals surface area contributed by atoms with Crippen LogP contribution in [0.25, 0.3) is 10.8 Å². The molecule has 110 valence electrons. The van der Waals surface area contributed by atoms with E-state index in [9.17, 15) is 24.8 Å². The topological polar surface area (TPSA) is 102 Å². The average molecular weight is 290 g/mol. The van der Waals surface area contributed by atoms with Crippen molar-refractivity contribution in [3.8, 4) is 0 Å². The van der Waals surface area contributed by atoms with E-state index in [1.807, 2.05) is 0 Å². The van der Waals surface area contributed by atoms with Gasteiger partial charge in [0.2, 0.25) is 0 Å². The summed E-state index contributed by atoms with van der Waals surface area (Å²) < 4.78 is 1.11. The molecular formula is C14H14N2O5. The number of hydrogen-bond acceptors (Lipinski definition) is 4. The zero-order valence-corrected chi connectivity index (χ0v) is 11.5. The van der Waals surface area contributed by atoms with Gasteiger partial charge < -0.3 is 9.67 Å². The lowest BCUT2D eigenvalue weighted by atomic mass is 10.0. The Labute approximate surface area is 119 Å². The summed E-state index contributed by atoms with van der Waals surface area (Å²) in [6, 6.07) is 4.58. The molecule has 1 atom stereocenters. The summed E-state index contributed by atoms with van der Waals surface area (Å²) in [5.41, 5.74) is -0.717. The van der Waals surface area contributed by atoms with Crippen molar-refractivity contribution >= 4 is 22.4 Å². The third-order valence-electron chi connectivity index (χ3n) is 3.33. The summed E-state index contributed by atoms with van der Waals surface area (Å²) in [6.07, 6.45) is 1.30. The highest BCUT2D eigenvalue weighted by Crippen LogP contribution is 2.24. The average Bonchev–Trinajstić information content (AvgIpc) is 2.40. The summed E-state index contributed by atoms with van der Waals surface area (Å²) in [6.45, 7) is 3.39. The number of nitrogens with zero attached hydrogens (tertiary/aromatic N) is 2. The van der Waals surface area contributed by atoms with E-state index in [0.29, 0.717) is 0 Å². The Morgan fingerprint density at radius 3 is 2.48 bits per heavy atom. The van der Waals surface area contributed by atoms with Crippen molar-refractivity contribution in [1.82, 2.24) is 4.57 Å². The first-order valence-corrected chi connectivity index (χ1v) is 6.35. The minimum Gasteiger partial charge on any atom is -0.480 e. The van der Waals surface area contributed by atoms with Crippen molar-refractivity contribution in [2.75, 3.05) is 0 Å². The van der Waals surface area contributed by atoms with E-state index in [4.69, 9.17) is 0 Å². The lowest BCUT2D eigenvalue weighted by molar-refractivity contribution is -0.383. The van der Waals surface area contributed by atoms with Gasteiger partial charge in [0.1, 0.15) is 6.04 Å². The van der Waals surface area contributed by atoms with Gasteiger partial charge in [-0.15, -0.1) is 0 Å². The number of benzene rings is 1. The molecule has 7 heteroatoms. The van der Waals surface area contributed by atoms with Gasteiger partial charge in [-0.3, -0.25) is 14.9 Å². The largest absolute Gasteiger partial charge is 0.480 e. The van der Waals surface area contributed by atoms with E-state index in [1.165, 1.54) is 30.5 Å². The van der Waals surface area contributed by atoms with E-state index in [1.54, 1.807) is 13.8 Å². The van der Waals surface area contributed by atoms with Gasteiger partial charge in [0.05, 0.1) is 15.7 Å². The molecule has 1 unspecified atom stereocenters. The molecule has 2 rings (SSSR count). The third-order valence-corrected chi connectivity index (χ3v) is 3.33. The number of nitro groups is 1. The highest BCUT2D eigenvalue weighted by molar-refractivity contribution is 5.90. The molecule has 0 saturated heterocycles. The molecule has 0 amide bonds. The Balaban J connectivity index is 2.76. The number of nitro benzene ring substituents is 1. The van der Waals surface area contributed by atoms with Crippen LogP contribution in [-0.2, 0) is 4.79 Å². The van der Waals surface area contributed by atoms with Crippen LogP contribution in [0.5, 0.6) is 0 Å². The molecule has 0 saturated carbocycles. The second-order valence-electron chi connectivity index (χ2n) is 5.05. The number of rotatable bonds is 4.